The summed E-state index contributed by atoms with van der Waals surface area (Å²) in [7, 11) is 0. The Kier molecular flexibility index (Phi) is 4.44. The summed E-state index contributed by atoms with van der Waals surface area (Å²) in [4.78, 5) is 25.6. The molecule has 0 aliphatic carbocycles. The number of carbonyl (C=O) groups is 2. The topological polar surface area (TPSA) is 59.8 Å². The van der Waals surface area contributed by atoms with Gasteiger partial charge in [0, 0.05) is 24.0 Å². The molecule has 0 bridgehead atoms. The van der Waals surface area contributed by atoms with E-state index < -0.39 is 0 Å². The number of hydrogen-bond donors (Lipinski definition) is 0. The Bertz CT molecular complexity index is 909. The van der Waals surface area contributed by atoms with Crippen LogP contribution in [0, 0.1) is 0 Å². The van der Waals surface area contributed by atoms with E-state index in [1.807, 2.05) is 54.6 Å². The van der Waals surface area contributed by atoms with E-state index in [-0.39, 0.29) is 24.9 Å². The van der Waals surface area contributed by atoms with E-state index in [0.29, 0.717) is 12.2 Å². The Labute approximate surface area is 151 Å². The third-order valence-corrected chi connectivity index (χ3v) is 4.52. The van der Waals surface area contributed by atoms with Gasteiger partial charge in [-0.2, -0.15) is 0 Å². The molecule has 0 N–H and O–H groups in total. The summed E-state index contributed by atoms with van der Waals surface area (Å²) < 4.78 is 10.9. The summed E-state index contributed by atoms with van der Waals surface area (Å²) in [5.74, 6) is 0.473. The molecule has 26 heavy (non-hydrogen) atoms. The van der Waals surface area contributed by atoms with E-state index >= 15 is 0 Å². The van der Waals surface area contributed by atoms with Gasteiger partial charge in [0.1, 0.15) is 18.0 Å². The molecule has 1 amide bonds. The van der Waals surface area contributed by atoms with E-state index in [1.54, 1.807) is 4.90 Å². The van der Waals surface area contributed by atoms with E-state index in [1.165, 1.54) is 0 Å². The first-order valence-corrected chi connectivity index (χ1v) is 8.71. The maximum absolute atomic E-state index is 12.1. The lowest BCUT2D eigenvalue weighted by Gasteiger charge is -2.15. The van der Waals surface area contributed by atoms with Crippen molar-refractivity contribution in [3.05, 3.63) is 65.9 Å². The van der Waals surface area contributed by atoms with Crippen molar-refractivity contribution in [3.63, 3.8) is 0 Å². The van der Waals surface area contributed by atoms with Gasteiger partial charge in [-0.25, -0.2) is 0 Å². The van der Waals surface area contributed by atoms with Crippen LogP contribution in [0.1, 0.15) is 24.2 Å². The second-order valence-corrected chi connectivity index (χ2v) is 6.40. The molecular weight excluding hydrogens is 330 g/mol. The van der Waals surface area contributed by atoms with Crippen LogP contribution in [0.25, 0.3) is 11.0 Å². The van der Waals surface area contributed by atoms with Gasteiger partial charge < -0.3 is 14.1 Å². The first-order chi connectivity index (χ1) is 12.7. The summed E-state index contributed by atoms with van der Waals surface area (Å²) in [5, 5.41) is 0.991. The van der Waals surface area contributed by atoms with Gasteiger partial charge in [-0.05, 0) is 36.2 Å². The predicted molar refractivity (Wildman–Crippen MR) is 97.7 cm³/mol. The molecule has 0 atom stereocenters. The third-order valence-electron chi connectivity index (χ3n) is 4.52. The van der Waals surface area contributed by atoms with Crippen molar-refractivity contribution < 1.29 is 18.7 Å². The maximum atomic E-state index is 12.1. The molecule has 1 saturated heterocycles. The molecule has 5 heteroatoms. The SMILES string of the molecule is O=C(Cc1ccc(N2CCCC2=O)cc1)OCc1cc2ccccc2o1. The van der Waals surface area contributed by atoms with Crippen LogP contribution >= 0.6 is 0 Å². The Morgan fingerprint density at radius 2 is 1.92 bits per heavy atom. The number of furan rings is 1. The smallest absolute Gasteiger partial charge is 0.310 e. The van der Waals surface area contributed by atoms with Gasteiger partial charge in [0.15, 0.2) is 0 Å². The zero-order valence-corrected chi connectivity index (χ0v) is 14.3. The number of fused-ring (bicyclic) bond motifs is 1. The summed E-state index contributed by atoms with van der Waals surface area (Å²) in [5.41, 5.74) is 2.52. The van der Waals surface area contributed by atoms with E-state index in [0.717, 1.165) is 35.2 Å². The van der Waals surface area contributed by atoms with Crippen molar-refractivity contribution in [3.8, 4) is 0 Å². The number of ether oxygens (including phenoxy) is 1. The number of amides is 1. The molecule has 132 valence electrons. The Morgan fingerprint density at radius 3 is 2.65 bits per heavy atom. The van der Waals surface area contributed by atoms with Gasteiger partial charge in [0.2, 0.25) is 5.91 Å². The van der Waals surface area contributed by atoms with Crippen LogP contribution in [0.15, 0.2) is 59.0 Å². The van der Waals surface area contributed by atoms with Crippen LogP contribution in [-0.4, -0.2) is 18.4 Å². The van der Waals surface area contributed by atoms with E-state index in [4.69, 9.17) is 9.15 Å². The largest absolute Gasteiger partial charge is 0.457 e. The average molecular weight is 349 g/mol. The molecule has 1 aliphatic rings. The molecule has 1 aliphatic heterocycles. The molecule has 5 nitrogen and oxygen atoms in total. The zero-order valence-electron chi connectivity index (χ0n) is 14.3. The summed E-state index contributed by atoms with van der Waals surface area (Å²) in [6.07, 6.45) is 1.69. The van der Waals surface area contributed by atoms with E-state index in [2.05, 4.69) is 0 Å². The average Bonchev–Trinajstić information content (AvgIpc) is 3.26. The van der Waals surface area contributed by atoms with Crippen molar-refractivity contribution in [2.75, 3.05) is 11.4 Å². The van der Waals surface area contributed by atoms with Gasteiger partial charge in [-0.3, -0.25) is 9.59 Å². The highest BCUT2D eigenvalue weighted by atomic mass is 16.5. The highest BCUT2D eigenvalue weighted by molar-refractivity contribution is 5.95. The molecule has 0 saturated carbocycles. The van der Waals surface area contributed by atoms with Gasteiger partial charge in [0.25, 0.3) is 0 Å². The van der Waals surface area contributed by atoms with Crippen LogP contribution < -0.4 is 4.90 Å². The fourth-order valence-corrected chi connectivity index (χ4v) is 3.19. The van der Waals surface area contributed by atoms with Gasteiger partial charge in [0.05, 0.1) is 6.42 Å². The van der Waals surface area contributed by atoms with Gasteiger partial charge in [-0.15, -0.1) is 0 Å². The van der Waals surface area contributed by atoms with Gasteiger partial charge in [-0.1, -0.05) is 30.3 Å². The molecule has 2 heterocycles. The highest BCUT2D eigenvalue weighted by Gasteiger charge is 2.21. The van der Waals surface area contributed by atoms with E-state index in [9.17, 15) is 9.59 Å². The molecule has 1 fully saturated rings. The summed E-state index contributed by atoms with van der Waals surface area (Å²) in [6.45, 7) is 0.881. The molecule has 0 spiro atoms. The second kappa shape index (κ2) is 7.04. The van der Waals surface area contributed by atoms with Crippen molar-refractivity contribution in [1.29, 1.82) is 0 Å². The highest BCUT2D eigenvalue weighted by Crippen LogP contribution is 2.22. The van der Waals surface area contributed by atoms with Crippen LogP contribution in [-0.2, 0) is 27.4 Å². The number of esters is 1. The van der Waals surface area contributed by atoms with Crippen molar-refractivity contribution >= 4 is 28.5 Å². The Hall–Kier alpha value is -3.08. The van der Waals surface area contributed by atoms with Crippen molar-refractivity contribution in [2.45, 2.75) is 25.9 Å². The molecule has 0 unspecified atom stereocenters. The normalized spacial score (nSPS) is 14.2. The number of para-hydroxylation sites is 1. The lowest BCUT2D eigenvalue weighted by atomic mass is 10.1. The number of anilines is 1. The molecule has 2 aromatic carbocycles. The first kappa shape index (κ1) is 16.4. The Morgan fingerprint density at radius 1 is 1.12 bits per heavy atom. The fraction of sp³-hybridized carbons (Fsp3) is 0.238. The quantitative estimate of drug-likeness (QED) is 0.657. The monoisotopic (exact) mass is 349 g/mol. The van der Waals surface area contributed by atoms with Crippen LogP contribution in [0.2, 0.25) is 0 Å². The lowest BCUT2D eigenvalue weighted by Crippen LogP contribution is -2.23. The summed E-state index contributed by atoms with van der Waals surface area (Å²) in [6, 6.07) is 17.0. The standard InChI is InChI=1S/C21H19NO4/c23-20-6-3-11-22(20)17-9-7-15(8-10-17)12-21(24)25-14-18-13-16-4-1-2-5-19(16)26-18/h1-2,4-5,7-10,13H,3,6,11-12,14H2. The predicted octanol–water partition coefficient (Wildman–Crippen LogP) is 3.85. The number of hydrogen-bond acceptors (Lipinski definition) is 4. The number of nitrogens with zero attached hydrogens (tertiary/aromatic N) is 1. The molecule has 3 aromatic rings. The third kappa shape index (κ3) is 3.47. The maximum Gasteiger partial charge on any atom is 0.310 e. The van der Waals surface area contributed by atoms with Gasteiger partial charge >= 0.3 is 5.97 Å². The summed E-state index contributed by atoms with van der Waals surface area (Å²) >= 11 is 0. The number of benzene rings is 2. The fourth-order valence-electron chi connectivity index (χ4n) is 3.19. The molecule has 0 radical (unpaired) electrons. The van der Waals surface area contributed by atoms with Crippen LogP contribution in [0.5, 0.6) is 0 Å². The van der Waals surface area contributed by atoms with Crippen molar-refractivity contribution in [1.82, 2.24) is 0 Å². The second-order valence-electron chi connectivity index (χ2n) is 6.40. The zero-order chi connectivity index (χ0) is 17.9. The molecular formula is C21H19NO4. The van der Waals surface area contributed by atoms with Crippen LogP contribution in [0.3, 0.4) is 0 Å². The number of rotatable bonds is 5. The number of carbonyl (C=O) groups excluding carboxylic acids is 2. The lowest BCUT2D eigenvalue weighted by molar-refractivity contribution is -0.144. The molecule has 4 rings (SSSR count). The van der Waals surface area contributed by atoms with Crippen LogP contribution in [0.4, 0.5) is 5.69 Å². The minimum absolute atomic E-state index is 0.119. The van der Waals surface area contributed by atoms with Crippen molar-refractivity contribution in [2.24, 2.45) is 0 Å². The first-order valence-electron chi connectivity index (χ1n) is 8.71. The Balaban J connectivity index is 1.33. The minimum atomic E-state index is -0.310. The molecule has 1 aromatic heterocycles. The minimum Gasteiger partial charge on any atom is -0.457 e.